The van der Waals surface area contributed by atoms with Gasteiger partial charge in [0.2, 0.25) is 15.9 Å². The Morgan fingerprint density at radius 1 is 1.00 bits per heavy atom. The van der Waals surface area contributed by atoms with Crippen LogP contribution in [0.15, 0.2) is 72.8 Å². The predicted molar refractivity (Wildman–Crippen MR) is 193 cm³/mol. The van der Waals surface area contributed by atoms with Gasteiger partial charge >= 0.3 is 0 Å². The van der Waals surface area contributed by atoms with Crippen LogP contribution in [0.1, 0.15) is 66.4 Å². The molecule has 1 unspecified atom stereocenters. The molecule has 9 nitrogen and oxygen atoms in total. The molecular weight excluding hydrogens is 685 g/mol. The summed E-state index contributed by atoms with van der Waals surface area (Å²) in [6.07, 6.45) is 7.31. The number of aliphatic hydroxyl groups is 1. The fourth-order valence-electron chi connectivity index (χ4n) is 6.92. The highest BCUT2D eigenvalue weighted by molar-refractivity contribution is 7.90. The van der Waals surface area contributed by atoms with Gasteiger partial charge in [0.05, 0.1) is 17.0 Å². The highest BCUT2D eigenvalue weighted by atomic mass is 35.5. The number of nitrogens with one attached hydrogen (secondary N) is 2. The monoisotopic (exact) mass is 725 g/mol. The molecule has 260 valence electrons. The van der Waals surface area contributed by atoms with Gasteiger partial charge in [-0.15, -0.1) is 0 Å². The molecule has 1 aliphatic carbocycles. The van der Waals surface area contributed by atoms with Crippen LogP contribution >= 0.6 is 23.2 Å². The quantitative estimate of drug-likeness (QED) is 0.251. The number of aryl methyl sites for hydroxylation is 1. The van der Waals surface area contributed by atoms with E-state index in [1.807, 2.05) is 18.2 Å². The molecule has 0 aromatic heterocycles. The Morgan fingerprint density at radius 3 is 2.63 bits per heavy atom. The standard InChI is InChI=1S/C37H41Cl2N3O6S/c38-28-7-5-8-30(20-28)40-36(44)21-31-9-1-2-10-34(43)32-15-12-26(32)22-42-17-4-3-6-24-18-29(39)14-11-27(24)23-48-35-16-13-25(19-33(35)42)37(45)41-49(31,46)47/h2,5,7-8,10-11,13-14,16,18-20,26,31-32,34,43H,1,3-4,6,9,12,15,17,21-23H2,(H,40,44)(H,41,45)/b10-2+/t26-,31?,32+,34-/m0/s1. The number of amides is 2. The van der Waals surface area contributed by atoms with Crippen LogP contribution in [-0.2, 0) is 27.8 Å². The molecule has 4 atom stereocenters. The molecule has 3 aromatic carbocycles. The Balaban J connectivity index is 1.32. The van der Waals surface area contributed by atoms with Gasteiger partial charge in [0.25, 0.3) is 5.91 Å². The summed E-state index contributed by atoms with van der Waals surface area (Å²) in [5, 5.41) is 13.8. The third-order valence-electron chi connectivity index (χ3n) is 9.79. The van der Waals surface area contributed by atoms with E-state index in [9.17, 15) is 23.1 Å². The van der Waals surface area contributed by atoms with Crippen LogP contribution in [0.5, 0.6) is 5.75 Å². The van der Waals surface area contributed by atoms with Gasteiger partial charge in [-0.2, -0.15) is 0 Å². The third kappa shape index (κ3) is 8.78. The molecule has 3 N–H and O–H groups in total. The van der Waals surface area contributed by atoms with E-state index < -0.39 is 33.2 Å². The van der Waals surface area contributed by atoms with Gasteiger partial charge in [0.15, 0.2) is 0 Å². The maximum absolute atomic E-state index is 13.7. The number of sulfonamides is 1. The highest BCUT2D eigenvalue weighted by Gasteiger charge is 2.37. The van der Waals surface area contributed by atoms with Gasteiger partial charge < -0.3 is 20.1 Å². The molecule has 1 saturated carbocycles. The topological polar surface area (TPSA) is 125 Å². The first kappa shape index (κ1) is 35.3. The number of hydrogen-bond donors (Lipinski definition) is 3. The summed E-state index contributed by atoms with van der Waals surface area (Å²) in [5.74, 6) is -0.455. The number of nitrogens with zero attached hydrogens (tertiary/aromatic N) is 1. The molecular formula is C37H41Cl2N3O6S. The van der Waals surface area contributed by atoms with Crippen LogP contribution < -0.4 is 19.7 Å². The molecule has 1 fully saturated rings. The third-order valence-corrected chi connectivity index (χ3v) is 12.0. The van der Waals surface area contributed by atoms with E-state index >= 15 is 0 Å². The summed E-state index contributed by atoms with van der Waals surface area (Å²) >= 11 is 12.4. The van der Waals surface area contributed by atoms with Crippen molar-refractivity contribution in [2.75, 3.05) is 23.3 Å². The molecule has 6 rings (SSSR count). The van der Waals surface area contributed by atoms with Crippen LogP contribution in [0.2, 0.25) is 10.0 Å². The van der Waals surface area contributed by atoms with Crippen LogP contribution in [0.4, 0.5) is 11.4 Å². The van der Waals surface area contributed by atoms with Gasteiger partial charge in [-0.1, -0.05) is 47.5 Å². The first-order valence-corrected chi connectivity index (χ1v) is 19.1. The van der Waals surface area contributed by atoms with Crippen molar-refractivity contribution < 1.29 is 27.9 Å². The van der Waals surface area contributed by atoms with Crippen molar-refractivity contribution in [1.29, 1.82) is 0 Å². The average Bonchev–Trinajstić information content (AvgIpc) is 3.07. The van der Waals surface area contributed by atoms with E-state index in [2.05, 4.69) is 14.9 Å². The van der Waals surface area contributed by atoms with Gasteiger partial charge in [-0.25, -0.2) is 13.1 Å². The second-order valence-electron chi connectivity index (χ2n) is 13.1. The molecule has 3 aromatic rings. The molecule has 2 amide bonds. The average molecular weight is 727 g/mol. The van der Waals surface area contributed by atoms with Crippen molar-refractivity contribution in [2.24, 2.45) is 11.8 Å². The number of ether oxygens (including phenoxy) is 1. The summed E-state index contributed by atoms with van der Waals surface area (Å²) < 4.78 is 36.1. The lowest BCUT2D eigenvalue weighted by atomic mass is 9.70. The second kappa shape index (κ2) is 15.5. The van der Waals surface area contributed by atoms with Crippen molar-refractivity contribution in [1.82, 2.24) is 4.72 Å². The number of fused-ring (bicyclic) bond motifs is 3. The number of rotatable bonds is 3. The van der Waals surface area contributed by atoms with Crippen molar-refractivity contribution >= 4 is 56.4 Å². The van der Waals surface area contributed by atoms with Gasteiger partial charge in [0.1, 0.15) is 12.4 Å². The van der Waals surface area contributed by atoms with E-state index in [-0.39, 0.29) is 30.2 Å². The number of allylic oxidation sites excluding steroid dienone is 1. The van der Waals surface area contributed by atoms with Crippen molar-refractivity contribution in [3.8, 4) is 5.75 Å². The lowest BCUT2D eigenvalue weighted by Gasteiger charge is -2.42. The lowest BCUT2D eigenvalue weighted by molar-refractivity contribution is -0.116. The summed E-state index contributed by atoms with van der Waals surface area (Å²) in [6, 6.07) is 17.4. The van der Waals surface area contributed by atoms with Crippen LogP contribution in [-0.4, -0.2) is 49.8 Å². The summed E-state index contributed by atoms with van der Waals surface area (Å²) in [5.41, 5.74) is 3.47. The normalized spacial score (nSPS) is 24.8. The molecule has 0 radical (unpaired) electrons. The molecule has 49 heavy (non-hydrogen) atoms. The first-order chi connectivity index (χ1) is 23.6. The fraction of sp³-hybridized carbons (Fsp3) is 0.405. The summed E-state index contributed by atoms with van der Waals surface area (Å²) in [6.45, 7) is 1.66. The fourth-order valence-corrected chi connectivity index (χ4v) is 8.66. The smallest absolute Gasteiger partial charge is 0.264 e. The molecule has 0 saturated heterocycles. The minimum atomic E-state index is -4.30. The zero-order valence-electron chi connectivity index (χ0n) is 27.1. The van der Waals surface area contributed by atoms with E-state index in [4.69, 9.17) is 27.9 Å². The minimum Gasteiger partial charge on any atom is -0.487 e. The number of benzene rings is 3. The number of carbonyl (C=O) groups is 2. The molecule has 2 bridgehead atoms. The molecule has 2 heterocycles. The zero-order valence-corrected chi connectivity index (χ0v) is 29.4. The van der Waals surface area contributed by atoms with Crippen molar-refractivity contribution in [3.63, 3.8) is 0 Å². The summed E-state index contributed by atoms with van der Waals surface area (Å²) in [4.78, 5) is 28.9. The van der Waals surface area contributed by atoms with E-state index in [0.29, 0.717) is 53.3 Å². The minimum absolute atomic E-state index is 0.0487. The second-order valence-corrected chi connectivity index (χ2v) is 16.0. The number of aliphatic hydroxyl groups excluding tert-OH is 1. The maximum atomic E-state index is 13.7. The summed E-state index contributed by atoms with van der Waals surface area (Å²) in [7, 11) is -4.30. The largest absolute Gasteiger partial charge is 0.487 e. The first-order valence-electron chi connectivity index (χ1n) is 16.8. The maximum Gasteiger partial charge on any atom is 0.264 e. The number of carbonyl (C=O) groups excluding carboxylic acids is 2. The lowest BCUT2D eigenvalue weighted by Crippen LogP contribution is -2.43. The molecule has 2 aliphatic heterocycles. The van der Waals surface area contributed by atoms with E-state index in [1.165, 1.54) is 0 Å². The van der Waals surface area contributed by atoms with Crippen LogP contribution in [0.3, 0.4) is 0 Å². The molecule has 0 spiro atoms. The highest BCUT2D eigenvalue weighted by Crippen LogP contribution is 2.41. The van der Waals surface area contributed by atoms with Crippen LogP contribution in [0.25, 0.3) is 0 Å². The molecule has 12 heteroatoms. The Hall–Kier alpha value is -3.57. The van der Waals surface area contributed by atoms with E-state index in [0.717, 1.165) is 43.2 Å². The Kier molecular flexibility index (Phi) is 11.2. The number of anilines is 2. The SMILES string of the molecule is O=C(CC1CC/C=C/[C@H](O)[C@@H]2CC[C@H]2CN2CCCCc3cc(Cl)ccc3COc3ccc(cc32)C(=O)NS1(=O)=O)Nc1cccc(Cl)c1. The Bertz CT molecular complexity index is 1830. The van der Waals surface area contributed by atoms with Gasteiger partial charge in [0, 0.05) is 40.8 Å². The number of hydrogen-bond acceptors (Lipinski definition) is 7. The number of halogens is 2. The predicted octanol–water partition coefficient (Wildman–Crippen LogP) is 6.91. The van der Waals surface area contributed by atoms with Gasteiger partial charge in [-0.05, 0) is 116 Å². The molecule has 3 aliphatic rings. The van der Waals surface area contributed by atoms with Crippen molar-refractivity contribution in [3.05, 3.63) is 99.6 Å². The van der Waals surface area contributed by atoms with Crippen molar-refractivity contribution in [2.45, 2.75) is 69.3 Å². The Labute approximate surface area is 297 Å². The van der Waals surface area contributed by atoms with Gasteiger partial charge in [-0.3, -0.25) is 9.59 Å². The van der Waals surface area contributed by atoms with Crippen LogP contribution in [0, 0.1) is 11.8 Å². The van der Waals surface area contributed by atoms with E-state index in [1.54, 1.807) is 54.6 Å². The zero-order chi connectivity index (χ0) is 34.5. The Morgan fingerprint density at radius 2 is 1.84 bits per heavy atom.